The highest BCUT2D eigenvalue weighted by atomic mass is 35.5. The molecule has 1 aliphatic rings. The number of fused-ring (bicyclic) bond motifs is 1. The van der Waals surface area contributed by atoms with Crippen molar-refractivity contribution < 1.29 is 0 Å². The van der Waals surface area contributed by atoms with Crippen molar-refractivity contribution in [2.45, 2.75) is 64.7 Å². The van der Waals surface area contributed by atoms with Crippen molar-refractivity contribution in [2.24, 2.45) is 0 Å². The fourth-order valence-electron chi connectivity index (χ4n) is 4.89. The molecule has 7 nitrogen and oxygen atoms in total. The first-order chi connectivity index (χ1) is 16.6. The van der Waals surface area contributed by atoms with Crippen LogP contribution in [0.15, 0.2) is 53.3 Å². The number of aromatic amines is 1. The highest BCUT2D eigenvalue weighted by Crippen LogP contribution is 2.28. The number of aryl methyl sites for hydroxylation is 1. The normalized spacial score (nSPS) is 14.8. The summed E-state index contributed by atoms with van der Waals surface area (Å²) in [6.07, 6.45) is 5.90. The molecule has 0 bridgehead atoms. The zero-order valence-electron chi connectivity index (χ0n) is 19.4. The molecule has 1 aliphatic carbocycles. The Labute approximate surface area is 203 Å². The zero-order valence-corrected chi connectivity index (χ0v) is 20.1. The van der Waals surface area contributed by atoms with E-state index in [0.29, 0.717) is 36.3 Å². The van der Waals surface area contributed by atoms with Gasteiger partial charge in [0.25, 0.3) is 5.56 Å². The Morgan fingerprint density at radius 1 is 1.03 bits per heavy atom. The summed E-state index contributed by atoms with van der Waals surface area (Å²) in [6.45, 7) is 3.63. The molecular weight excluding hydrogens is 448 g/mol. The molecule has 8 heteroatoms. The van der Waals surface area contributed by atoms with Crippen LogP contribution in [0.4, 0.5) is 0 Å². The quantitative estimate of drug-likeness (QED) is 0.397. The van der Waals surface area contributed by atoms with E-state index < -0.39 is 0 Å². The van der Waals surface area contributed by atoms with Crippen molar-refractivity contribution in [3.8, 4) is 0 Å². The molecule has 0 spiro atoms. The molecular formula is C26H29ClN6O. The van der Waals surface area contributed by atoms with E-state index in [2.05, 4.69) is 38.4 Å². The molecule has 5 rings (SSSR count). The number of H-pyrrole nitrogens is 1. The fourth-order valence-corrected chi connectivity index (χ4v) is 5.09. The molecule has 0 amide bonds. The van der Waals surface area contributed by atoms with Gasteiger partial charge in [0.1, 0.15) is 0 Å². The van der Waals surface area contributed by atoms with Gasteiger partial charge in [-0.3, -0.25) is 9.69 Å². The minimum absolute atomic E-state index is 0.0765. The second-order valence-electron chi connectivity index (χ2n) is 9.28. The van der Waals surface area contributed by atoms with E-state index in [1.807, 2.05) is 47.1 Å². The number of aromatic nitrogens is 5. The highest BCUT2D eigenvalue weighted by molar-refractivity contribution is 6.31. The Morgan fingerprint density at radius 2 is 1.82 bits per heavy atom. The number of nitrogens with zero attached hydrogens (tertiary/aromatic N) is 5. The third kappa shape index (κ3) is 5.05. The number of hydrogen-bond acceptors (Lipinski definition) is 5. The van der Waals surface area contributed by atoms with Crippen LogP contribution in [0.2, 0.25) is 5.02 Å². The molecule has 0 atom stereocenters. The average Bonchev–Trinajstić information content (AvgIpc) is 3.30. The number of hydrogen-bond donors (Lipinski definition) is 1. The lowest BCUT2D eigenvalue weighted by Gasteiger charge is -2.25. The minimum atomic E-state index is -0.0765. The van der Waals surface area contributed by atoms with Gasteiger partial charge in [0.05, 0.1) is 12.6 Å². The Balaban J connectivity index is 1.46. The van der Waals surface area contributed by atoms with Crippen LogP contribution in [0.5, 0.6) is 0 Å². The molecule has 2 aromatic carbocycles. The first-order valence-corrected chi connectivity index (χ1v) is 12.3. The Bertz CT molecular complexity index is 1340. The molecule has 1 saturated carbocycles. The van der Waals surface area contributed by atoms with Crippen LogP contribution < -0.4 is 5.56 Å². The first kappa shape index (κ1) is 22.7. The lowest BCUT2D eigenvalue weighted by Crippen LogP contribution is -2.29. The zero-order chi connectivity index (χ0) is 23.5. The second-order valence-corrected chi connectivity index (χ2v) is 9.69. The van der Waals surface area contributed by atoms with Gasteiger partial charge in [0, 0.05) is 29.2 Å². The summed E-state index contributed by atoms with van der Waals surface area (Å²) in [5.74, 6) is 0.826. The molecule has 34 heavy (non-hydrogen) atoms. The molecule has 1 N–H and O–H groups in total. The Hall–Kier alpha value is -3.03. The monoisotopic (exact) mass is 476 g/mol. The van der Waals surface area contributed by atoms with Gasteiger partial charge < -0.3 is 4.98 Å². The van der Waals surface area contributed by atoms with Gasteiger partial charge in [-0.25, -0.2) is 4.68 Å². The van der Waals surface area contributed by atoms with Gasteiger partial charge in [0.2, 0.25) is 0 Å². The van der Waals surface area contributed by atoms with E-state index in [1.165, 1.54) is 19.3 Å². The maximum absolute atomic E-state index is 12.9. The standard InChI is InChI=1S/C26H29ClN6O/c1-18-11-12-24-20(13-18)14-21(26(34)28-24)16-32(15-19-7-5-6-10-23(19)27)17-25-29-30-31-33(25)22-8-3-2-4-9-22/h5-7,10-14,22H,2-4,8-9,15-17H2,1H3,(H,28,34). The first-order valence-electron chi connectivity index (χ1n) is 11.9. The van der Waals surface area contributed by atoms with Crippen molar-refractivity contribution in [2.75, 3.05) is 0 Å². The number of halogens is 1. The Kier molecular flexibility index (Phi) is 6.74. The molecule has 0 aliphatic heterocycles. The van der Waals surface area contributed by atoms with Crippen LogP contribution in [-0.4, -0.2) is 30.1 Å². The van der Waals surface area contributed by atoms with Crippen molar-refractivity contribution in [1.82, 2.24) is 30.1 Å². The third-order valence-corrected chi connectivity index (χ3v) is 7.04. The maximum atomic E-state index is 12.9. The van der Waals surface area contributed by atoms with Crippen LogP contribution in [-0.2, 0) is 19.6 Å². The lowest BCUT2D eigenvalue weighted by molar-refractivity contribution is 0.225. The SMILES string of the molecule is Cc1ccc2[nH]c(=O)c(CN(Cc3ccccc3Cl)Cc3nnnn3C3CCCCC3)cc2c1. The summed E-state index contributed by atoms with van der Waals surface area (Å²) >= 11 is 6.49. The van der Waals surface area contributed by atoms with Crippen LogP contribution >= 0.6 is 11.6 Å². The van der Waals surface area contributed by atoms with Crippen LogP contribution in [0.3, 0.4) is 0 Å². The second kappa shape index (κ2) is 10.1. The molecule has 2 aromatic heterocycles. The molecule has 0 saturated heterocycles. The van der Waals surface area contributed by atoms with E-state index in [1.54, 1.807) is 0 Å². The van der Waals surface area contributed by atoms with E-state index >= 15 is 0 Å². The van der Waals surface area contributed by atoms with Crippen molar-refractivity contribution in [1.29, 1.82) is 0 Å². The summed E-state index contributed by atoms with van der Waals surface area (Å²) in [5.41, 5.74) is 3.64. The number of benzene rings is 2. The summed E-state index contributed by atoms with van der Waals surface area (Å²) in [5, 5.41) is 14.4. The maximum Gasteiger partial charge on any atom is 0.252 e. The summed E-state index contributed by atoms with van der Waals surface area (Å²) in [7, 11) is 0. The van der Waals surface area contributed by atoms with Gasteiger partial charge in [-0.2, -0.15) is 0 Å². The topological polar surface area (TPSA) is 79.7 Å². The van der Waals surface area contributed by atoms with E-state index in [4.69, 9.17) is 11.6 Å². The molecule has 176 valence electrons. The minimum Gasteiger partial charge on any atom is -0.322 e. The third-order valence-electron chi connectivity index (χ3n) is 6.67. The van der Waals surface area contributed by atoms with Crippen molar-refractivity contribution in [3.63, 3.8) is 0 Å². The average molecular weight is 477 g/mol. The van der Waals surface area contributed by atoms with Gasteiger partial charge in [-0.15, -0.1) is 5.10 Å². The van der Waals surface area contributed by atoms with Gasteiger partial charge in [-0.1, -0.05) is 60.7 Å². The molecule has 0 radical (unpaired) electrons. The predicted octanol–water partition coefficient (Wildman–Crippen LogP) is 5.18. The number of rotatable bonds is 7. The van der Waals surface area contributed by atoms with Crippen molar-refractivity contribution in [3.05, 3.63) is 86.4 Å². The largest absolute Gasteiger partial charge is 0.322 e. The molecule has 4 aromatic rings. The fraction of sp³-hybridized carbons (Fsp3) is 0.385. The van der Waals surface area contributed by atoms with Crippen LogP contribution in [0, 0.1) is 6.92 Å². The van der Waals surface area contributed by atoms with Gasteiger partial charge in [-0.05, 0) is 65.4 Å². The molecule has 2 heterocycles. The smallest absolute Gasteiger partial charge is 0.252 e. The van der Waals surface area contributed by atoms with Gasteiger partial charge >= 0.3 is 0 Å². The summed E-state index contributed by atoms with van der Waals surface area (Å²) < 4.78 is 1.99. The summed E-state index contributed by atoms with van der Waals surface area (Å²) in [4.78, 5) is 18.2. The van der Waals surface area contributed by atoms with Crippen LogP contribution in [0.1, 0.15) is 60.7 Å². The molecule has 0 unspecified atom stereocenters. The van der Waals surface area contributed by atoms with E-state index in [9.17, 15) is 4.79 Å². The number of pyridine rings is 1. The lowest BCUT2D eigenvalue weighted by atomic mass is 9.95. The van der Waals surface area contributed by atoms with E-state index in [-0.39, 0.29) is 5.56 Å². The number of nitrogens with one attached hydrogen (secondary N) is 1. The molecule has 1 fully saturated rings. The van der Waals surface area contributed by atoms with Crippen molar-refractivity contribution >= 4 is 22.5 Å². The predicted molar refractivity (Wildman–Crippen MR) is 134 cm³/mol. The van der Waals surface area contributed by atoms with Crippen LogP contribution in [0.25, 0.3) is 10.9 Å². The number of tetrazole rings is 1. The summed E-state index contributed by atoms with van der Waals surface area (Å²) in [6, 6.07) is 16.2. The highest BCUT2D eigenvalue weighted by Gasteiger charge is 2.22. The Morgan fingerprint density at radius 3 is 2.65 bits per heavy atom. The van der Waals surface area contributed by atoms with E-state index in [0.717, 1.165) is 40.7 Å². The van der Waals surface area contributed by atoms with Gasteiger partial charge in [0.15, 0.2) is 5.82 Å².